The van der Waals surface area contributed by atoms with Gasteiger partial charge in [-0.1, -0.05) is 5.16 Å². The van der Waals surface area contributed by atoms with Crippen molar-refractivity contribution in [2.75, 3.05) is 14.1 Å². The summed E-state index contributed by atoms with van der Waals surface area (Å²) in [4.78, 5) is 4.75. The topological polar surface area (TPSA) is 24.6 Å². The van der Waals surface area contributed by atoms with Crippen molar-refractivity contribution in [1.82, 2.24) is 0 Å². The summed E-state index contributed by atoms with van der Waals surface area (Å²) in [7, 11) is 28.7. The van der Waals surface area contributed by atoms with Gasteiger partial charge in [-0.25, -0.2) is 4.58 Å². The second-order valence-electron chi connectivity index (χ2n) is 3.17. The second-order valence-corrected chi connectivity index (χ2v) is 60.1. The number of nitrogens with zero attached hydrogens (tertiary/aromatic N) is 2. The van der Waals surface area contributed by atoms with E-state index in [1.807, 2.05) is 27.9 Å². The zero-order valence-electron chi connectivity index (χ0n) is 9.10. The molecule has 0 radical (unpaired) electrons. The maximum absolute atomic E-state index is 5.42. The van der Waals surface area contributed by atoms with Gasteiger partial charge in [-0.05, 0) is 13.8 Å². The van der Waals surface area contributed by atoms with Crippen LogP contribution in [0.3, 0.4) is 0 Å². The molecule has 0 heterocycles. The van der Waals surface area contributed by atoms with Gasteiger partial charge in [0.1, 0.15) is 14.1 Å². The zero-order valence-corrected chi connectivity index (χ0v) is 16.2. The summed E-state index contributed by atoms with van der Waals surface area (Å²) in [5.41, 5.74) is 0.910. The number of hydrogen-bond acceptors (Lipinski definition) is 2. The molecule has 0 aromatic rings. The molecule has 0 aliphatic carbocycles. The molecule has 0 rings (SSSR count). The maximum atomic E-state index is 5.06. The Labute approximate surface area is 115 Å². The Bertz CT molecular complexity index is 256. The van der Waals surface area contributed by atoms with Gasteiger partial charge in [0, 0.05) is 0 Å². The summed E-state index contributed by atoms with van der Waals surface area (Å²) in [6, 6.07) is 0. The molecule has 0 aliphatic rings. The van der Waals surface area contributed by atoms with Crippen LogP contribution in [-0.2, 0) is 4.84 Å². The molecule has 0 N–H and O–H groups in total. The van der Waals surface area contributed by atoms with Crippen LogP contribution < -0.4 is 0 Å². The molecule has 0 saturated carbocycles. The van der Waals surface area contributed by atoms with Gasteiger partial charge in [-0.15, -0.1) is 0 Å². The fraction of sp³-hybridized carbons (Fsp3) is 0.667. The standard InChI is InChI=1S/C6H13N2O.6ClH.Sb/c1-6(2)7-9-5-8(3)4;;;;;;;/h5H,1-4H3;6*1H;/q+1;;;;;;;+5/p-6. The Morgan fingerprint density at radius 2 is 1.38 bits per heavy atom. The van der Waals surface area contributed by atoms with E-state index in [4.69, 9.17) is 57.8 Å². The van der Waals surface area contributed by atoms with Crippen LogP contribution in [0.25, 0.3) is 0 Å². The van der Waals surface area contributed by atoms with Crippen LogP contribution in [0, 0.1) is 0 Å². The first kappa shape index (κ1) is 20.0. The van der Waals surface area contributed by atoms with Gasteiger partial charge in [0.2, 0.25) is 0 Å². The normalized spacial score (nSPS) is 14.6. The molecule has 0 amide bonds. The van der Waals surface area contributed by atoms with Crippen LogP contribution in [0.15, 0.2) is 5.16 Å². The molecule has 0 spiro atoms. The van der Waals surface area contributed by atoms with Crippen molar-refractivity contribution in [2.24, 2.45) is 5.16 Å². The third kappa shape index (κ3) is 57.2. The molecule has 100 valence electrons. The number of oxime groups is 1. The summed E-state index contributed by atoms with van der Waals surface area (Å²) in [5.74, 6) is 0. The van der Waals surface area contributed by atoms with Gasteiger partial charge in [0.25, 0.3) is 0 Å². The molecule has 0 fully saturated rings. The fourth-order valence-corrected chi connectivity index (χ4v) is 0.223. The van der Waals surface area contributed by atoms with Crippen molar-refractivity contribution >= 4 is 74.2 Å². The third-order valence-electron chi connectivity index (χ3n) is 0.493. The number of halogens is 6. The fourth-order valence-electron chi connectivity index (χ4n) is 0.223. The van der Waals surface area contributed by atoms with Crippen molar-refractivity contribution in [3.63, 3.8) is 0 Å². The van der Waals surface area contributed by atoms with E-state index < -0.39 is 9.14 Å². The first-order valence-corrected chi connectivity index (χ1v) is 23.2. The van der Waals surface area contributed by atoms with E-state index in [0.717, 1.165) is 5.71 Å². The summed E-state index contributed by atoms with van der Waals surface area (Å²) in [6.45, 7) is 3.76. The average Bonchev–Trinajstić information content (AvgIpc) is 1.76. The van der Waals surface area contributed by atoms with Gasteiger partial charge in [0.15, 0.2) is 0 Å². The van der Waals surface area contributed by atoms with Crippen LogP contribution in [0.5, 0.6) is 0 Å². The number of rotatable bonds is 2. The van der Waals surface area contributed by atoms with E-state index in [1.165, 1.54) is 6.40 Å². The summed E-state index contributed by atoms with van der Waals surface area (Å²) < 4.78 is 1.78. The second kappa shape index (κ2) is 6.23. The minimum absolute atomic E-state index is 0.910. The van der Waals surface area contributed by atoms with Crippen molar-refractivity contribution < 1.29 is 9.41 Å². The van der Waals surface area contributed by atoms with Crippen LogP contribution in [0.2, 0.25) is 0 Å². The van der Waals surface area contributed by atoms with Crippen LogP contribution >= 0.6 is 53.0 Å². The molecular weight excluding hydrogens is 451 g/mol. The average molecular weight is 464 g/mol. The van der Waals surface area contributed by atoms with Crippen LogP contribution in [0.1, 0.15) is 13.8 Å². The molecular formula is C6H13Cl6N2OSb. The summed E-state index contributed by atoms with van der Waals surface area (Å²) >= 11 is 0. The first-order valence-electron chi connectivity index (χ1n) is 3.81. The molecule has 0 aromatic carbocycles. The van der Waals surface area contributed by atoms with E-state index >= 15 is 0 Å². The van der Waals surface area contributed by atoms with Gasteiger partial charge in [-0.3, -0.25) is 0 Å². The minimum atomic E-state index is -5.42. The predicted octanol–water partition coefficient (Wildman–Crippen LogP) is 4.46. The molecule has 0 saturated heterocycles. The van der Waals surface area contributed by atoms with Crippen molar-refractivity contribution in [1.29, 1.82) is 0 Å². The Morgan fingerprint density at radius 3 is 1.56 bits per heavy atom. The first-order chi connectivity index (χ1) is 6.58. The Hall–Kier alpha value is 1.70. The summed E-state index contributed by atoms with van der Waals surface area (Å²) in [5, 5.41) is 3.68. The Kier molecular flexibility index (Phi) is 7.80. The van der Waals surface area contributed by atoms with E-state index in [-0.39, 0.29) is 0 Å². The van der Waals surface area contributed by atoms with E-state index in [0.29, 0.717) is 0 Å². The molecule has 0 aromatic heterocycles. The van der Waals surface area contributed by atoms with Gasteiger partial charge in [0.05, 0.1) is 5.71 Å². The molecule has 0 aliphatic heterocycles. The molecule has 0 bridgehead atoms. The number of hydrogen-bond donors (Lipinski definition) is 0. The molecule has 0 unspecified atom stereocenters. The van der Waals surface area contributed by atoms with E-state index in [2.05, 4.69) is 5.16 Å². The predicted molar refractivity (Wildman–Crippen MR) is 78.9 cm³/mol. The quantitative estimate of drug-likeness (QED) is 0.195. The van der Waals surface area contributed by atoms with Crippen LogP contribution in [0.4, 0.5) is 0 Å². The van der Waals surface area contributed by atoms with Gasteiger partial charge in [-0.2, -0.15) is 0 Å². The molecule has 10 heteroatoms. The monoisotopic (exact) mass is 460 g/mol. The van der Waals surface area contributed by atoms with Gasteiger partial charge < -0.3 is 4.84 Å². The van der Waals surface area contributed by atoms with Crippen LogP contribution in [-0.4, -0.2) is 39.9 Å². The van der Waals surface area contributed by atoms with E-state index in [1.54, 1.807) is 4.58 Å². The molecule has 16 heavy (non-hydrogen) atoms. The SMILES string of the molecule is CC(C)=NOC=[N+](C)C.[Cl][Sb-]([Cl])([Cl])([Cl])([Cl])[Cl]. The zero-order chi connectivity index (χ0) is 13.7. The Balaban J connectivity index is 0. The van der Waals surface area contributed by atoms with Crippen molar-refractivity contribution in [3.8, 4) is 0 Å². The Morgan fingerprint density at radius 1 is 1.06 bits per heavy atom. The molecule has 3 nitrogen and oxygen atoms in total. The van der Waals surface area contributed by atoms with E-state index in [9.17, 15) is 0 Å². The molecule has 0 atom stereocenters. The van der Waals surface area contributed by atoms with Gasteiger partial charge >= 0.3 is 68.5 Å². The van der Waals surface area contributed by atoms with Crippen molar-refractivity contribution in [3.05, 3.63) is 0 Å². The van der Waals surface area contributed by atoms with Crippen molar-refractivity contribution in [2.45, 2.75) is 13.8 Å². The summed E-state index contributed by atoms with van der Waals surface area (Å²) in [6.07, 6.45) is 1.53. The third-order valence-corrected chi connectivity index (χ3v) is 0.493.